The SMILES string of the molecule is CCCCO[C@H]1[C@H](OCCCC)C(NC(=O)N(C)C)CC[C@@H]1C(C)(C)O. The first-order chi connectivity index (χ1) is 12.2. The van der Waals surface area contributed by atoms with Gasteiger partial charge in [-0.15, -0.1) is 0 Å². The average Bonchev–Trinajstić information content (AvgIpc) is 2.55. The van der Waals surface area contributed by atoms with Crippen molar-refractivity contribution in [2.75, 3.05) is 27.3 Å². The molecule has 2 amide bonds. The lowest BCUT2D eigenvalue weighted by molar-refractivity contribution is -0.167. The number of amides is 2. The highest BCUT2D eigenvalue weighted by Crippen LogP contribution is 2.36. The second kappa shape index (κ2) is 11.1. The van der Waals surface area contributed by atoms with E-state index in [1.807, 2.05) is 13.8 Å². The smallest absolute Gasteiger partial charge is 0.317 e. The molecule has 0 saturated heterocycles. The second-order valence-electron chi connectivity index (χ2n) is 8.17. The van der Waals surface area contributed by atoms with Gasteiger partial charge >= 0.3 is 6.03 Å². The van der Waals surface area contributed by atoms with Crippen LogP contribution in [0.4, 0.5) is 4.79 Å². The van der Waals surface area contributed by atoms with Crippen LogP contribution < -0.4 is 5.32 Å². The minimum absolute atomic E-state index is 0.0153. The Bertz CT molecular complexity index is 409. The molecule has 0 radical (unpaired) electrons. The van der Waals surface area contributed by atoms with Crippen LogP contribution in [0.2, 0.25) is 0 Å². The number of carbonyl (C=O) groups excluding carboxylic acids is 1. The van der Waals surface area contributed by atoms with E-state index in [2.05, 4.69) is 19.2 Å². The number of urea groups is 1. The number of rotatable bonds is 10. The minimum Gasteiger partial charge on any atom is -0.390 e. The molecule has 4 atom stereocenters. The summed E-state index contributed by atoms with van der Waals surface area (Å²) in [5.41, 5.74) is -0.847. The number of unbranched alkanes of at least 4 members (excludes halogenated alkanes) is 2. The quantitative estimate of drug-likeness (QED) is 0.578. The first kappa shape index (κ1) is 23.2. The zero-order valence-electron chi connectivity index (χ0n) is 17.6. The van der Waals surface area contributed by atoms with Gasteiger partial charge in [-0.2, -0.15) is 0 Å². The third-order valence-electron chi connectivity index (χ3n) is 5.14. The van der Waals surface area contributed by atoms with Gasteiger partial charge in [-0.3, -0.25) is 0 Å². The molecule has 1 aliphatic rings. The highest BCUT2D eigenvalue weighted by Gasteiger charge is 2.47. The van der Waals surface area contributed by atoms with Gasteiger partial charge in [0.25, 0.3) is 0 Å². The first-order valence-corrected chi connectivity index (χ1v) is 10.2. The predicted octanol–water partition coefficient (Wildman–Crippen LogP) is 3.18. The van der Waals surface area contributed by atoms with Crippen molar-refractivity contribution in [1.29, 1.82) is 0 Å². The van der Waals surface area contributed by atoms with Crippen molar-refractivity contribution in [3.63, 3.8) is 0 Å². The van der Waals surface area contributed by atoms with Crippen molar-refractivity contribution < 1.29 is 19.4 Å². The summed E-state index contributed by atoms with van der Waals surface area (Å²) in [5, 5.41) is 13.8. The Labute approximate surface area is 159 Å². The molecular formula is C20H40N2O4. The van der Waals surface area contributed by atoms with Crippen molar-refractivity contribution in [3.8, 4) is 0 Å². The number of nitrogens with zero attached hydrogens (tertiary/aromatic N) is 1. The maximum atomic E-state index is 12.2. The highest BCUT2D eigenvalue weighted by atomic mass is 16.5. The lowest BCUT2D eigenvalue weighted by Gasteiger charge is -2.46. The Morgan fingerprint density at radius 2 is 1.62 bits per heavy atom. The third-order valence-corrected chi connectivity index (χ3v) is 5.14. The molecule has 0 spiro atoms. The monoisotopic (exact) mass is 372 g/mol. The Morgan fingerprint density at radius 1 is 1.08 bits per heavy atom. The van der Waals surface area contributed by atoms with E-state index in [1.54, 1.807) is 14.1 Å². The fraction of sp³-hybridized carbons (Fsp3) is 0.950. The molecule has 0 bridgehead atoms. The minimum atomic E-state index is -0.847. The Balaban J connectivity index is 2.98. The molecule has 1 unspecified atom stereocenters. The molecule has 0 aromatic rings. The third kappa shape index (κ3) is 7.05. The molecule has 1 saturated carbocycles. The zero-order valence-corrected chi connectivity index (χ0v) is 17.6. The summed E-state index contributed by atoms with van der Waals surface area (Å²) >= 11 is 0. The van der Waals surface area contributed by atoms with Crippen LogP contribution in [0.25, 0.3) is 0 Å². The summed E-state index contributed by atoms with van der Waals surface area (Å²) < 4.78 is 12.4. The average molecular weight is 373 g/mol. The van der Waals surface area contributed by atoms with Crippen LogP contribution in [0, 0.1) is 5.92 Å². The lowest BCUT2D eigenvalue weighted by Crippen LogP contribution is -2.60. The Kier molecular flexibility index (Phi) is 9.90. The van der Waals surface area contributed by atoms with Crippen LogP contribution in [-0.4, -0.2) is 67.2 Å². The summed E-state index contributed by atoms with van der Waals surface area (Å²) in [6.07, 6.45) is 5.17. The number of ether oxygens (including phenoxy) is 2. The van der Waals surface area contributed by atoms with Gasteiger partial charge in [0.15, 0.2) is 0 Å². The van der Waals surface area contributed by atoms with Crippen LogP contribution in [0.1, 0.15) is 66.2 Å². The predicted molar refractivity (Wildman–Crippen MR) is 104 cm³/mol. The van der Waals surface area contributed by atoms with Gasteiger partial charge in [-0.25, -0.2) is 4.79 Å². The van der Waals surface area contributed by atoms with Crippen molar-refractivity contribution in [1.82, 2.24) is 10.2 Å². The zero-order chi connectivity index (χ0) is 19.7. The van der Waals surface area contributed by atoms with E-state index in [0.29, 0.717) is 13.2 Å². The van der Waals surface area contributed by atoms with Gasteiger partial charge in [0.05, 0.1) is 17.7 Å². The van der Waals surface area contributed by atoms with Crippen molar-refractivity contribution in [3.05, 3.63) is 0 Å². The maximum Gasteiger partial charge on any atom is 0.317 e. The van der Waals surface area contributed by atoms with E-state index in [4.69, 9.17) is 9.47 Å². The van der Waals surface area contributed by atoms with Gasteiger partial charge in [0.2, 0.25) is 0 Å². The fourth-order valence-corrected chi connectivity index (χ4v) is 3.49. The van der Waals surface area contributed by atoms with Crippen molar-refractivity contribution in [2.45, 2.75) is 90.1 Å². The van der Waals surface area contributed by atoms with E-state index in [9.17, 15) is 9.90 Å². The van der Waals surface area contributed by atoms with Crippen LogP contribution >= 0.6 is 0 Å². The number of carbonyl (C=O) groups is 1. The van der Waals surface area contributed by atoms with E-state index in [1.165, 1.54) is 4.90 Å². The molecule has 6 nitrogen and oxygen atoms in total. The fourth-order valence-electron chi connectivity index (χ4n) is 3.49. The summed E-state index contributed by atoms with van der Waals surface area (Å²) in [4.78, 5) is 13.7. The second-order valence-corrected chi connectivity index (χ2v) is 8.17. The lowest BCUT2D eigenvalue weighted by atomic mass is 9.73. The molecule has 0 aliphatic heterocycles. The summed E-state index contributed by atoms with van der Waals surface area (Å²) in [6.45, 7) is 9.24. The van der Waals surface area contributed by atoms with E-state index in [0.717, 1.165) is 38.5 Å². The molecule has 154 valence electrons. The van der Waals surface area contributed by atoms with Crippen LogP contribution in [-0.2, 0) is 9.47 Å². The van der Waals surface area contributed by atoms with Crippen LogP contribution in [0.5, 0.6) is 0 Å². The molecule has 6 heteroatoms. The number of nitrogens with one attached hydrogen (secondary N) is 1. The number of aliphatic hydroxyl groups is 1. The first-order valence-electron chi connectivity index (χ1n) is 10.2. The van der Waals surface area contributed by atoms with E-state index in [-0.39, 0.29) is 30.2 Å². The summed E-state index contributed by atoms with van der Waals surface area (Å²) in [5.74, 6) is -0.0153. The Hall–Kier alpha value is -0.850. The number of hydrogen-bond donors (Lipinski definition) is 2. The molecule has 1 aliphatic carbocycles. The summed E-state index contributed by atoms with van der Waals surface area (Å²) in [7, 11) is 3.47. The van der Waals surface area contributed by atoms with E-state index < -0.39 is 5.60 Å². The summed E-state index contributed by atoms with van der Waals surface area (Å²) in [6, 6.07) is -0.222. The molecule has 2 N–H and O–H groups in total. The van der Waals surface area contributed by atoms with Crippen LogP contribution in [0.3, 0.4) is 0 Å². The Morgan fingerprint density at radius 3 is 2.08 bits per heavy atom. The van der Waals surface area contributed by atoms with Gasteiger partial charge in [-0.1, -0.05) is 26.7 Å². The molecule has 26 heavy (non-hydrogen) atoms. The molecule has 0 aromatic heterocycles. The van der Waals surface area contributed by atoms with Crippen molar-refractivity contribution in [2.24, 2.45) is 5.92 Å². The van der Waals surface area contributed by atoms with Gasteiger partial charge in [-0.05, 0) is 39.5 Å². The molecule has 0 heterocycles. The molecular weight excluding hydrogens is 332 g/mol. The van der Waals surface area contributed by atoms with Crippen molar-refractivity contribution >= 4 is 6.03 Å². The van der Waals surface area contributed by atoms with Gasteiger partial charge in [0, 0.05) is 33.2 Å². The molecule has 1 fully saturated rings. The largest absolute Gasteiger partial charge is 0.390 e. The molecule has 0 aromatic carbocycles. The maximum absolute atomic E-state index is 12.2. The number of hydrogen-bond acceptors (Lipinski definition) is 4. The standard InChI is InChI=1S/C20H40N2O4/c1-7-9-13-25-17-15(20(3,4)24)11-12-16(21-19(23)22(5)6)18(17)26-14-10-8-2/h15-18,24H,7-14H2,1-6H3,(H,21,23)/t15-,16?,17+,18+/m0/s1. The van der Waals surface area contributed by atoms with Crippen LogP contribution in [0.15, 0.2) is 0 Å². The topological polar surface area (TPSA) is 71.0 Å². The van der Waals surface area contributed by atoms with Gasteiger partial charge < -0.3 is 24.8 Å². The normalized spacial score (nSPS) is 26.6. The molecule has 1 rings (SSSR count). The van der Waals surface area contributed by atoms with E-state index >= 15 is 0 Å². The highest BCUT2D eigenvalue weighted by molar-refractivity contribution is 5.73. The van der Waals surface area contributed by atoms with Gasteiger partial charge in [0.1, 0.15) is 6.10 Å².